The second-order valence-electron chi connectivity index (χ2n) is 2.42. The van der Waals surface area contributed by atoms with Crippen molar-refractivity contribution in [3.63, 3.8) is 0 Å². The molecule has 1 aliphatic carbocycles. The first kappa shape index (κ1) is 6.16. The van der Waals surface area contributed by atoms with Gasteiger partial charge in [-0.25, -0.2) is 0 Å². The molecule has 0 unspecified atom stereocenters. The van der Waals surface area contributed by atoms with Crippen molar-refractivity contribution in [1.29, 1.82) is 0 Å². The predicted octanol–water partition coefficient (Wildman–Crippen LogP) is 0.584. The Labute approximate surface area is 63.8 Å². The van der Waals surface area contributed by atoms with Gasteiger partial charge in [0, 0.05) is 5.56 Å². The normalized spacial score (nSPS) is 14.5. The van der Waals surface area contributed by atoms with Gasteiger partial charge in [0.1, 0.15) is 0 Å². The summed E-state index contributed by atoms with van der Waals surface area (Å²) in [6.07, 6.45) is 1.13. The average molecular weight is 145 g/mol. The third-order valence-electron chi connectivity index (χ3n) is 1.72. The molecule has 0 spiro atoms. The van der Waals surface area contributed by atoms with Gasteiger partial charge in [0.25, 0.3) is 0 Å². The molecule has 2 heteroatoms. The van der Waals surface area contributed by atoms with Crippen molar-refractivity contribution >= 4 is 11.5 Å². The molecule has 0 aliphatic heterocycles. The summed E-state index contributed by atoms with van der Waals surface area (Å²) in [5, 5.41) is 11.0. The Morgan fingerprint density at radius 1 is 1.09 bits per heavy atom. The van der Waals surface area contributed by atoms with E-state index in [-0.39, 0.29) is 11.5 Å². The van der Waals surface area contributed by atoms with Crippen LogP contribution in [0.25, 0.3) is 5.76 Å². The molecular weight excluding hydrogens is 140 g/mol. The minimum absolute atomic E-state index is 0.175. The molecular formula is C9H5O2-. The molecule has 2 nitrogen and oxygen atoms in total. The molecule has 0 amide bonds. The zero-order valence-electron chi connectivity index (χ0n) is 5.70. The first-order valence-electron chi connectivity index (χ1n) is 3.31. The number of benzene rings is 1. The molecule has 0 fully saturated rings. The molecule has 0 atom stereocenters. The zero-order valence-corrected chi connectivity index (χ0v) is 5.70. The molecule has 54 valence electrons. The van der Waals surface area contributed by atoms with Gasteiger partial charge in [-0.1, -0.05) is 30.0 Å². The fraction of sp³-hybridized carbons (Fsp3) is 0. The van der Waals surface area contributed by atoms with E-state index in [1.807, 2.05) is 0 Å². The van der Waals surface area contributed by atoms with Crippen LogP contribution in [0.1, 0.15) is 15.9 Å². The lowest BCUT2D eigenvalue weighted by Gasteiger charge is -2.06. The standard InChI is InChI=1S/C9H6O2/c10-8-5-9(11)7-4-2-1-3-6(7)8/h1-5,10H/p-1. The number of hydrogen-bond donors (Lipinski definition) is 0. The van der Waals surface area contributed by atoms with E-state index in [0.717, 1.165) is 6.08 Å². The minimum Gasteiger partial charge on any atom is -0.872 e. The first-order valence-corrected chi connectivity index (χ1v) is 3.31. The molecule has 2 rings (SSSR count). The van der Waals surface area contributed by atoms with E-state index in [9.17, 15) is 9.90 Å². The summed E-state index contributed by atoms with van der Waals surface area (Å²) in [7, 11) is 0. The van der Waals surface area contributed by atoms with Gasteiger partial charge in [-0.3, -0.25) is 4.79 Å². The van der Waals surface area contributed by atoms with E-state index in [1.54, 1.807) is 24.3 Å². The molecule has 0 saturated heterocycles. The highest BCUT2D eigenvalue weighted by Crippen LogP contribution is 2.22. The van der Waals surface area contributed by atoms with Crippen molar-refractivity contribution < 1.29 is 9.90 Å². The molecule has 1 aromatic carbocycles. The third-order valence-corrected chi connectivity index (χ3v) is 1.72. The van der Waals surface area contributed by atoms with Crippen LogP contribution in [0.4, 0.5) is 0 Å². The number of rotatable bonds is 0. The smallest absolute Gasteiger partial charge is 0.185 e. The van der Waals surface area contributed by atoms with Crippen LogP contribution >= 0.6 is 0 Å². The SMILES string of the molecule is O=C1C=C([O-])c2ccccc21. The molecule has 0 aromatic heterocycles. The maximum atomic E-state index is 11.0. The minimum atomic E-state index is -0.175. The van der Waals surface area contributed by atoms with E-state index in [0.29, 0.717) is 11.1 Å². The van der Waals surface area contributed by atoms with Gasteiger partial charge in [0.2, 0.25) is 0 Å². The summed E-state index contributed by atoms with van der Waals surface area (Å²) < 4.78 is 0. The van der Waals surface area contributed by atoms with Crippen molar-refractivity contribution in [3.8, 4) is 0 Å². The molecule has 0 bridgehead atoms. The van der Waals surface area contributed by atoms with Crippen LogP contribution in [0, 0.1) is 0 Å². The largest absolute Gasteiger partial charge is 0.872 e. The van der Waals surface area contributed by atoms with Crippen LogP contribution in [0.15, 0.2) is 30.3 Å². The summed E-state index contributed by atoms with van der Waals surface area (Å²) in [5.41, 5.74) is 1.05. The van der Waals surface area contributed by atoms with Crippen LogP contribution in [-0.2, 0) is 0 Å². The van der Waals surface area contributed by atoms with Crippen LogP contribution in [0.5, 0.6) is 0 Å². The van der Waals surface area contributed by atoms with Gasteiger partial charge >= 0.3 is 0 Å². The quantitative estimate of drug-likeness (QED) is 0.535. The summed E-state index contributed by atoms with van der Waals surface area (Å²) in [4.78, 5) is 11.0. The van der Waals surface area contributed by atoms with Crippen molar-refractivity contribution in [2.75, 3.05) is 0 Å². The molecule has 0 radical (unpaired) electrons. The zero-order chi connectivity index (χ0) is 7.84. The van der Waals surface area contributed by atoms with Crippen LogP contribution in [-0.4, -0.2) is 5.78 Å². The van der Waals surface area contributed by atoms with Gasteiger partial charge in [-0.2, -0.15) is 0 Å². The van der Waals surface area contributed by atoms with Gasteiger partial charge in [-0.15, -0.1) is 0 Å². The highest BCUT2D eigenvalue weighted by molar-refractivity contribution is 6.14. The second-order valence-corrected chi connectivity index (χ2v) is 2.42. The van der Waals surface area contributed by atoms with Crippen molar-refractivity contribution in [2.24, 2.45) is 0 Å². The Balaban J connectivity index is 2.71. The summed E-state index contributed by atoms with van der Waals surface area (Å²) in [6, 6.07) is 6.84. The maximum Gasteiger partial charge on any atom is 0.185 e. The molecule has 0 heterocycles. The maximum absolute atomic E-state index is 11.0. The van der Waals surface area contributed by atoms with Crippen LogP contribution < -0.4 is 5.11 Å². The Bertz CT molecular complexity index is 350. The monoisotopic (exact) mass is 145 g/mol. The van der Waals surface area contributed by atoms with Gasteiger partial charge < -0.3 is 5.11 Å². The molecule has 1 aromatic rings. The predicted molar refractivity (Wildman–Crippen MR) is 38.7 cm³/mol. The van der Waals surface area contributed by atoms with Gasteiger partial charge in [0.15, 0.2) is 5.78 Å². The topological polar surface area (TPSA) is 40.1 Å². The average Bonchev–Trinajstić information content (AvgIpc) is 2.30. The first-order chi connectivity index (χ1) is 5.29. The van der Waals surface area contributed by atoms with Crippen molar-refractivity contribution in [2.45, 2.75) is 0 Å². The molecule has 11 heavy (non-hydrogen) atoms. The summed E-state index contributed by atoms with van der Waals surface area (Å²) in [6.45, 7) is 0. The number of hydrogen-bond acceptors (Lipinski definition) is 2. The lowest BCUT2D eigenvalue weighted by Crippen LogP contribution is -1.98. The Morgan fingerprint density at radius 2 is 1.73 bits per heavy atom. The molecule has 0 N–H and O–H groups in total. The Kier molecular flexibility index (Phi) is 1.09. The van der Waals surface area contributed by atoms with E-state index < -0.39 is 0 Å². The third kappa shape index (κ3) is 0.759. The number of carbonyl (C=O) groups is 1. The van der Waals surface area contributed by atoms with Crippen molar-refractivity contribution in [3.05, 3.63) is 41.5 Å². The van der Waals surface area contributed by atoms with E-state index in [4.69, 9.17) is 0 Å². The fourth-order valence-electron chi connectivity index (χ4n) is 1.19. The lowest BCUT2D eigenvalue weighted by molar-refractivity contribution is -0.243. The number of allylic oxidation sites excluding steroid dienone is 1. The van der Waals surface area contributed by atoms with Crippen molar-refractivity contribution in [1.82, 2.24) is 0 Å². The lowest BCUT2D eigenvalue weighted by atomic mass is 10.1. The number of carbonyl (C=O) groups excluding carboxylic acids is 1. The highest BCUT2D eigenvalue weighted by Gasteiger charge is 2.13. The highest BCUT2D eigenvalue weighted by atomic mass is 16.3. The second kappa shape index (κ2) is 1.95. The summed E-state index contributed by atoms with van der Waals surface area (Å²) >= 11 is 0. The van der Waals surface area contributed by atoms with E-state index >= 15 is 0 Å². The fourth-order valence-corrected chi connectivity index (χ4v) is 1.19. The van der Waals surface area contributed by atoms with Crippen LogP contribution in [0.3, 0.4) is 0 Å². The Hall–Kier alpha value is -1.57. The van der Waals surface area contributed by atoms with Gasteiger partial charge in [-0.05, 0) is 11.6 Å². The molecule has 0 saturated carbocycles. The summed E-state index contributed by atoms with van der Waals surface area (Å²) in [5.74, 6) is -0.351. The van der Waals surface area contributed by atoms with Gasteiger partial charge in [0.05, 0.1) is 0 Å². The van der Waals surface area contributed by atoms with E-state index in [2.05, 4.69) is 0 Å². The number of ketones is 1. The van der Waals surface area contributed by atoms with Crippen LogP contribution in [0.2, 0.25) is 0 Å². The van der Waals surface area contributed by atoms with E-state index in [1.165, 1.54) is 0 Å². The Morgan fingerprint density at radius 3 is 2.36 bits per heavy atom. The molecule has 1 aliphatic rings. The number of fused-ring (bicyclic) bond motifs is 1.